The highest BCUT2D eigenvalue weighted by atomic mass is 16.6. The molecule has 1 saturated heterocycles. The van der Waals surface area contributed by atoms with Crippen molar-refractivity contribution in [2.75, 3.05) is 19.6 Å². The van der Waals surface area contributed by atoms with Crippen molar-refractivity contribution in [1.82, 2.24) is 10.6 Å². The standard InChI is InChI=1S/C11H20N2O2/c1-11(2,3)15-10(14)13-6-9-7-4-12-5-8(7)9/h7-9,12H,4-6H2,1-3H3,(H,13,14). The highest BCUT2D eigenvalue weighted by Crippen LogP contribution is 2.47. The first kappa shape index (κ1) is 10.7. The second-order valence-electron chi connectivity index (χ2n) is 5.53. The number of carbonyl (C=O) groups excluding carboxylic acids is 1. The molecule has 0 radical (unpaired) electrons. The lowest BCUT2D eigenvalue weighted by Crippen LogP contribution is -2.34. The van der Waals surface area contributed by atoms with Crippen molar-refractivity contribution in [1.29, 1.82) is 0 Å². The Bertz CT molecular complexity index is 250. The van der Waals surface area contributed by atoms with E-state index in [0.717, 1.165) is 31.5 Å². The zero-order valence-electron chi connectivity index (χ0n) is 9.67. The van der Waals surface area contributed by atoms with Crippen molar-refractivity contribution < 1.29 is 9.53 Å². The molecule has 86 valence electrons. The number of hydrogen-bond donors (Lipinski definition) is 2. The van der Waals surface area contributed by atoms with E-state index in [2.05, 4.69) is 10.6 Å². The number of ether oxygens (including phenoxy) is 1. The third-order valence-electron chi connectivity index (χ3n) is 3.15. The smallest absolute Gasteiger partial charge is 0.407 e. The van der Waals surface area contributed by atoms with Crippen molar-refractivity contribution in [3.05, 3.63) is 0 Å². The summed E-state index contributed by atoms with van der Waals surface area (Å²) < 4.78 is 5.17. The van der Waals surface area contributed by atoms with Crippen LogP contribution in [0.5, 0.6) is 0 Å². The van der Waals surface area contributed by atoms with Crippen LogP contribution in [0.1, 0.15) is 20.8 Å². The molecule has 0 spiro atoms. The predicted molar refractivity (Wildman–Crippen MR) is 57.6 cm³/mol. The van der Waals surface area contributed by atoms with Crippen molar-refractivity contribution in [3.63, 3.8) is 0 Å². The van der Waals surface area contributed by atoms with Gasteiger partial charge in [-0.1, -0.05) is 0 Å². The molecule has 2 N–H and O–H groups in total. The Hall–Kier alpha value is -0.770. The number of fused-ring (bicyclic) bond motifs is 1. The molecule has 4 heteroatoms. The van der Waals surface area contributed by atoms with Crippen LogP contribution >= 0.6 is 0 Å². The Morgan fingerprint density at radius 1 is 1.40 bits per heavy atom. The molecule has 1 aliphatic heterocycles. The van der Waals surface area contributed by atoms with Crippen LogP contribution in [0.3, 0.4) is 0 Å². The fourth-order valence-electron chi connectivity index (χ4n) is 2.36. The van der Waals surface area contributed by atoms with Crippen LogP contribution in [0.15, 0.2) is 0 Å². The van der Waals surface area contributed by atoms with Gasteiger partial charge in [-0.3, -0.25) is 0 Å². The van der Waals surface area contributed by atoms with E-state index in [-0.39, 0.29) is 6.09 Å². The molecule has 2 fully saturated rings. The first-order chi connectivity index (χ1) is 6.97. The molecule has 2 rings (SSSR count). The summed E-state index contributed by atoms with van der Waals surface area (Å²) in [6, 6.07) is 0. The van der Waals surface area contributed by atoms with Crippen LogP contribution < -0.4 is 10.6 Å². The van der Waals surface area contributed by atoms with Crippen molar-refractivity contribution in [3.8, 4) is 0 Å². The third-order valence-corrected chi connectivity index (χ3v) is 3.15. The summed E-state index contributed by atoms with van der Waals surface area (Å²) in [6.45, 7) is 8.63. The van der Waals surface area contributed by atoms with E-state index in [1.807, 2.05) is 20.8 Å². The maximum absolute atomic E-state index is 11.4. The molecular weight excluding hydrogens is 192 g/mol. The average molecular weight is 212 g/mol. The second-order valence-corrected chi connectivity index (χ2v) is 5.53. The number of alkyl carbamates (subject to hydrolysis) is 1. The molecule has 1 saturated carbocycles. The van der Waals surface area contributed by atoms with Crippen LogP contribution in [0.25, 0.3) is 0 Å². The topological polar surface area (TPSA) is 50.4 Å². The van der Waals surface area contributed by atoms with Crippen molar-refractivity contribution in [2.45, 2.75) is 26.4 Å². The molecule has 2 aliphatic rings. The van der Waals surface area contributed by atoms with Gasteiger partial charge in [0.15, 0.2) is 0 Å². The lowest BCUT2D eigenvalue weighted by atomic mass is 10.2. The van der Waals surface area contributed by atoms with Gasteiger partial charge in [0.05, 0.1) is 0 Å². The first-order valence-electron chi connectivity index (χ1n) is 5.65. The summed E-state index contributed by atoms with van der Waals surface area (Å²) in [7, 11) is 0. The Morgan fingerprint density at radius 3 is 2.53 bits per heavy atom. The highest BCUT2D eigenvalue weighted by molar-refractivity contribution is 5.67. The Morgan fingerprint density at radius 2 is 2.00 bits per heavy atom. The van der Waals surface area contributed by atoms with Gasteiger partial charge in [0, 0.05) is 6.54 Å². The van der Waals surface area contributed by atoms with E-state index < -0.39 is 5.60 Å². The SMILES string of the molecule is CC(C)(C)OC(=O)NCC1C2CNCC21. The summed E-state index contributed by atoms with van der Waals surface area (Å²) in [6.07, 6.45) is -0.291. The molecule has 1 amide bonds. The molecule has 2 unspecified atom stereocenters. The molecule has 0 aromatic carbocycles. The number of hydrogen-bond acceptors (Lipinski definition) is 3. The molecular formula is C11H20N2O2. The third kappa shape index (κ3) is 2.62. The molecule has 1 aliphatic carbocycles. The largest absolute Gasteiger partial charge is 0.444 e. The minimum Gasteiger partial charge on any atom is -0.444 e. The van der Waals surface area contributed by atoms with E-state index in [1.54, 1.807) is 0 Å². The zero-order chi connectivity index (χ0) is 11.1. The zero-order valence-corrected chi connectivity index (χ0v) is 9.67. The maximum Gasteiger partial charge on any atom is 0.407 e. The van der Waals surface area contributed by atoms with Crippen molar-refractivity contribution in [2.24, 2.45) is 17.8 Å². The van der Waals surface area contributed by atoms with Crippen LogP contribution in [-0.2, 0) is 4.74 Å². The lowest BCUT2D eigenvalue weighted by Gasteiger charge is -2.19. The van der Waals surface area contributed by atoms with Gasteiger partial charge < -0.3 is 15.4 Å². The molecule has 15 heavy (non-hydrogen) atoms. The molecule has 1 heterocycles. The van der Waals surface area contributed by atoms with E-state index in [1.165, 1.54) is 0 Å². The summed E-state index contributed by atoms with van der Waals surface area (Å²) in [5, 5.41) is 6.17. The van der Waals surface area contributed by atoms with Crippen LogP contribution in [-0.4, -0.2) is 31.3 Å². The van der Waals surface area contributed by atoms with Gasteiger partial charge in [0.1, 0.15) is 5.60 Å². The normalized spacial score (nSPS) is 33.4. The minimum absolute atomic E-state index is 0.291. The summed E-state index contributed by atoms with van der Waals surface area (Å²) in [4.78, 5) is 11.4. The van der Waals surface area contributed by atoms with E-state index >= 15 is 0 Å². The number of amides is 1. The summed E-state index contributed by atoms with van der Waals surface area (Å²) >= 11 is 0. The second kappa shape index (κ2) is 3.67. The van der Waals surface area contributed by atoms with Crippen LogP contribution in [0, 0.1) is 17.8 Å². The van der Waals surface area contributed by atoms with Crippen molar-refractivity contribution >= 4 is 6.09 Å². The Kier molecular flexibility index (Phi) is 2.63. The van der Waals surface area contributed by atoms with E-state index in [9.17, 15) is 4.79 Å². The lowest BCUT2D eigenvalue weighted by molar-refractivity contribution is 0.0523. The molecule has 0 bridgehead atoms. The molecule has 0 aromatic rings. The summed E-state index contributed by atoms with van der Waals surface area (Å²) in [5.41, 5.74) is -0.398. The van der Waals surface area contributed by atoms with Gasteiger partial charge in [-0.25, -0.2) is 4.79 Å². The number of rotatable bonds is 2. The maximum atomic E-state index is 11.4. The Balaban J connectivity index is 1.64. The van der Waals surface area contributed by atoms with Gasteiger partial charge in [0.25, 0.3) is 0 Å². The monoisotopic (exact) mass is 212 g/mol. The minimum atomic E-state index is -0.398. The van der Waals surface area contributed by atoms with Crippen LogP contribution in [0.2, 0.25) is 0 Å². The highest BCUT2D eigenvalue weighted by Gasteiger charge is 2.52. The summed E-state index contributed by atoms with van der Waals surface area (Å²) in [5.74, 6) is 2.26. The predicted octanol–water partition coefficient (Wildman–Crippen LogP) is 0.976. The quantitative estimate of drug-likeness (QED) is 0.717. The van der Waals surface area contributed by atoms with Crippen LogP contribution in [0.4, 0.5) is 4.79 Å². The number of piperidine rings is 1. The first-order valence-corrected chi connectivity index (χ1v) is 5.65. The van der Waals surface area contributed by atoms with E-state index in [0.29, 0.717) is 5.92 Å². The van der Waals surface area contributed by atoms with Gasteiger partial charge in [-0.2, -0.15) is 0 Å². The molecule has 2 atom stereocenters. The fraction of sp³-hybridized carbons (Fsp3) is 0.909. The Labute approximate surface area is 90.8 Å². The van der Waals surface area contributed by atoms with E-state index in [4.69, 9.17) is 4.74 Å². The van der Waals surface area contributed by atoms with Gasteiger partial charge >= 0.3 is 6.09 Å². The molecule has 4 nitrogen and oxygen atoms in total. The van der Waals surface area contributed by atoms with Gasteiger partial charge in [-0.15, -0.1) is 0 Å². The van der Waals surface area contributed by atoms with Gasteiger partial charge in [-0.05, 0) is 51.6 Å². The number of carbonyl (C=O) groups is 1. The van der Waals surface area contributed by atoms with Gasteiger partial charge in [0.2, 0.25) is 0 Å². The fourth-order valence-corrected chi connectivity index (χ4v) is 2.36. The average Bonchev–Trinajstić information content (AvgIpc) is 2.55. The number of nitrogens with one attached hydrogen (secondary N) is 2. The molecule has 0 aromatic heterocycles.